The molecule has 0 aliphatic heterocycles. The largest absolute Gasteiger partial charge is 0.497 e. The maximum absolute atomic E-state index is 11.4. The summed E-state index contributed by atoms with van der Waals surface area (Å²) in [5.41, 5.74) is 1.15. The minimum atomic E-state index is -0.684. The Labute approximate surface area is 183 Å². The monoisotopic (exact) mass is 436 g/mol. The molecule has 1 N–H and O–H groups in total. The maximum Gasteiger partial charge on any atom is 0.439 e. The number of fused-ring (bicyclic) bond motifs is 1. The fourth-order valence-corrected chi connectivity index (χ4v) is 4.15. The van der Waals surface area contributed by atoms with Gasteiger partial charge in [0, 0.05) is 12.6 Å². The van der Waals surface area contributed by atoms with Crippen molar-refractivity contribution in [2.75, 3.05) is 7.11 Å². The summed E-state index contributed by atoms with van der Waals surface area (Å²) in [6, 6.07) is 7.26. The summed E-state index contributed by atoms with van der Waals surface area (Å²) in [6.45, 7) is 3.13. The Morgan fingerprint density at radius 2 is 2.00 bits per heavy atom. The number of nitrogens with zero attached hydrogens (tertiary/aromatic N) is 5. The lowest BCUT2D eigenvalue weighted by atomic mass is 9.83. The number of hydrogen-bond donors (Lipinski definition) is 1. The molecule has 3 aromatic heterocycles. The molecule has 1 fully saturated rings. The van der Waals surface area contributed by atoms with E-state index in [9.17, 15) is 4.79 Å². The molecule has 10 nitrogen and oxygen atoms in total. The molecule has 0 spiro atoms. The number of rotatable bonds is 6. The van der Waals surface area contributed by atoms with E-state index in [1.165, 1.54) is 25.7 Å². The zero-order valence-corrected chi connectivity index (χ0v) is 17.9. The molecule has 0 radical (unpaired) electrons. The zero-order chi connectivity index (χ0) is 22.1. The summed E-state index contributed by atoms with van der Waals surface area (Å²) >= 11 is 0. The van der Waals surface area contributed by atoms with Crippen LogP contribution in [0, 0.1) is 11.8 Å². The lowest BCUT2D eigenvalue weighted by Gasteiger charge is -2.26. The van der Waals surface area contributed by atoms with E-state index in [-0.39, 0.29) is 11.6 Å². The molecule has 1 saturated carbocycles. The van der Waals surface area contributed by atoms with Gasteiger partial charge >= 0.3 is 5.76 Å². The van der Waals surface area contributed by atoms with E-state index in [2.05, 4.69) is 41.1 Å². The highest BCUT2D eigenvalue weighted by molar-refractivity contribution is 5.78. The van der Waals surface area contributed by atoms with Crippen molar-refractivity contribution in [1.29, 1.82) is 0 Å². The fraction of sp³-hybridized carbons (Fsp3) is 0.409. The van der Waals surface area contributed by atoms with Crippen LogP contribution in [0.5, 0.6) is 17.4 Å². The van der Waals surface area contributed by atoms with E-state index < -0.39 is 5.76 Å². The predicted molar refractivity (Wildman–Crippen MR) is 116 cm³/mol. The minimum Gasteiger partial charge on any atom is -0.497 e. The van der Waals surface area contributed by atoms with Crippen molar-refractivity contribution in [3.8, 4) is 29.0 Å². The second-order valence-electron chi connectivity index (χ2n) is 8.27. The normalized spacial score (nSPS) is 18.7. The van der Waals surface area contributed by atoms with Crippen molar-refractivity contribution in [2.45, 2.75) is 39.2 Å². The molecule has 0 saturated heterocycles. The molecule has 0 amide bonds. The van der Waals surface area contributed by atoms with Crippen LogP contribution in [0.3, 0.4) is 0 Å². The average Bonchev–Trinajstić information content (AvgIpc) is 3.42. The van der Waals surface area contributed by atoms with Crippen LogP contribution in [-0.4, -0.2) is 36.8 Å². The van der Waals surface area contributed by atoms with Crippen LogP contribution in [0.2, 0.25) is 0 Å². The fourth-order valence-electron chi connectivity index (χ4n) is 4.15. The number of ether oxygens (including phenoxy) is 2. The molecule has 0 atom stereocenters. The van der Waals surface area contributed by atoms with Crippen molar-refractivity contribution in [3.63, 3.8) is 0 Å². The van der Waals surface area contributed by atoms with Gasteiger partial charge in [0.15, 0.2) is 11.2 Å². The summed E-state index contributed by atoms with van der Waals surface area (Å²) in [5.74, 6) is 2.50. The molecule has 5 rings (SSSR count). The Morgan fingerprint density at radius 1 is 1.19 bits per heavy atom. The van der Waals surface area contributed by atoms with Crippen molar-refractivity contribution in [2.24, 2.45) is 11.8 Å². The lowest BCUT2D eigenvalue weighted by Crippen LogP contribution is -2.17. The van der Waals surface area contributed by atoms with E-state index in [4.69, 9.17) is 9.47 Å². The highest BCUT2D eigenvalue weighted by Crippen LogP contribution is 2.33. The Hall–Kier alpha value is -3.69. The van der Waals surface area contributed by atoms with Crippen LogP contribution in [-0.2, 0) is 6.54 Å². The third kappa shape index (κ3) is 4.08. The van der Waals surface area contributed by atoms with Gasteiger partial charge in [-0.25, -0.2) is 14.8 Å². The van der Waals surface area contributed by atoms with E-state index in [0.717, 1.165) is 12.5 Å². The van der Waals surface area contributed by atoms with Gasteiger partial charge in [0.05, 0.1) is 13.4 Å². The van der Waals surface area contributed by atoms with Gasteiger partial charge in [0.2, 0.25) is 17.5 Å². The minimum absolute atomic E-state index is 0.114. The van der Waals surface area contributed by atoms with Crippen LogP contribution in [0.1, 0.15) is 32.6 Å². The Bertz CT molecular complexity index is 1290. The molecule has 3 heterocycles. The summed E-state index contributed by atoms with van der Waals surface area (Å²) < 4.78 is 18.1. The molecule has 0 bridgehead atoms. The molecule has 1 aromatic carbocycles. The molecular weight excluding hydrogens is 412 g/mol. The maximum atomic E-state index is 11.4. The lowest BCUT2D eigenvalue weighted by molar-refractivity contribution is 0.266. The van der Waals surface area contributed by atoms with Crippen LogP contribution < -0.4 is 15.2 Å². The zero-order valence-electron chi connectivity index (χ0n) is 17.9. The van der Waals surface area contributed by atoms with Gasteiger partial charge in [-0.05, 0) is 36.8 Å². The van der Waals surface area contributed by atoms with Crippen LogP contribution in [0.15, 0.2) is 39.9 Å². The number of aromatic amines is 1. The van der Waals surface area contributed by atoms with Crippen LogP contribution >= 0.6 is 0 Å². The first-order valence-corrected chi connectivity index (χ1v) is 10.7. The quantitative estimate of drug-likeness (QED) is 0.484. The highest BCUT2D eigenvalue weighted by atomic mass is 16.5. The van der Waals surface area contributed by atoms with Gasteiger partial charge in [-0.3, -0.25) is 9.51 Å². The second-order valence-corrected chi connectivity index (χ2v) is 8.27. The smallest absolute Gasteiger partial charge is 0.439 e. The van der Waals surface area contributed by atoms with Crippen molar-refractivity contribution in [1.82, 2.24) is 29.7 Å². The number of nitrogens with one attached hydrogen (secondary N) is 1. The van der Waals surface area contributed by atoms with Gasteiger partial charge in [-0.2, -0.15) is 4.98 Å². The van der Waals surface area contributed by atoms with E-state index in [1.807, 2.05) is 18.2 Å². The molecule has 166 valence electrons. The molecule has 4 aromatic rings. The molecule has 32 heavy (non-hydrogen) atoms. The summed E-state index contributed by atoms with van der Waals surface area (Å²) in [6.07, 6.45) is 6.62. The molecule has 10 heteroatoms. The van der Waals surface area contributed by atoms with Crippen LogP contribution in [0.25, 0.3) is 22.8 Å². The SMILES string of the molecule is COc1cccc(Oc2nc(-c3noc(=O)[nH]3)nc3ncn(CC4CCC(C)CC4)c23)c1. The Balaban J connectivity index is 1.56. The first kappa shape index (κ1) is 20.2. The Kier molecular flexibility index (Phi) is 5.34. The predicted octanol–water partition coefficient (Wildman–Crippen LogP) is 3.80. The average molecular weight is 436 g/mol. The van der Waals surface area contributed by atoms with Crippen molar-refractivity contribution >= 4 is 11.2 Å². The summed E-state index contributed by atoms with van der Waals surface area (Å²) in [4.78, 5) is 27.4. The number of benzene rings is 1. The van der Waals surface area contributed by atoms with Gasteiger partial charge in [-0.1, -0.05) is 31.0 Å². The molecule has 0 unspecified atom stereocenters. The third-order valence-corrected chi connectivity index (χ3v) is 5.94. The van der Waals surface area contributed by atoms with Crippen molar-refractivity contribution in [3.05, 3.63) is 41.1 Å². The molecule has 1 aliphatic rings. The van der Waals surface area contributed by atoms with Gasteiger partial charge < -0.3 is 14.0 Å². The number of H-pyrrole nitrogens is 1. The number of imidazole rings is 1. The van der Waals surface area contributed by atoms with Gasteiger partial charge in [0.25, 0.3) is 0 Å². The molecule has 1 aliphatic carbocycles. The first-order valence-electron chi connectivity index (χ1n) is 10.7. The Morgan fingerprint density at radius 3 is 2.75 bits per heavy atom. The standard InChI is InChI=1S/C22H24N6O4/c1-13-6-8-14(9-7-13)11-28-12-23-18-17(28)21(31-16-5-3-4-15(10-16)30-2)25-19(24-18)20-26-22(29)32-27-20/h3-5,10,12-14H,6-9,11H2,1-2H3,(H,26,27,29). The van der Waals surface area contributed by atoms with Gasteiger partial charge in [-0.15, -0.1) is 0 Å². The van der Waals surface area contributed by atoms with E-state index in [1.54, 1.807) is 19.5 Å². The van der Waals surface area contributed by atoms with E-state index >= 15 is 0 Å². The van der Waals surface area contributed by atoms with Crippen molar-refractivity contribution < 1.29 is 14.0 Å². The van der Waals surface area contributed by atoms with E-state index in [0.29, 0.717) is 34.5 Å². The highest BCUT2D eigenvalue weighted by Gasteiger charge is 2.23. The number of methoxy groups -OCH3 is 1. The summed E-state index contributed by atoms with van der Waals surface area (Å²) in [5, 5.41) is 3.70. The van der Waals surface area contributed by atoms with Gasteiger partial charge in [0.1, 0.15) is 11.5 Å². The first-order chi connectivity index (χ1) is 15.6. The topological polar surface area (TPSA) is 121 Å². The number of aromatic nitrogens is 6. The third-order valence-electron chi connectivity index (χ3n) is 5.94. The molecular formula is C22H24N6O4. The number of hydrogen-bond acceptors (Lipinski definition) is 8. The second kappa shape index (κ2) is 8.45. The summed E-state index contributed by atoms with van der Waals surface area (Å²) in [7, 11) is 1.60. The van der Waals surface area contributed by atoms with Crippen LogP contribution in [0.4, 0.5) is 0 Å².